The van der Waals surface area contributed by atoms with Crippen molar-refractivity contribution in [3.05, 3.63) is 18.0 Å². The van der Waals surface area contributed by atoms with E-state index in [0.717, 1.165) is 25.8 Å². The Bertz CT molecular complexity index is 313. The summed E-state index contributed by atoms with van der Waals surface area (Å²) in [6.45, 7) is 9.96. The number of hydrogen-bond acceptors (Lipinski definition) is 2. The zero-order chi connectivity index (χ0) is 13.4. The average Bonchev–Trinajstić information content (AvgIpc) is 2.79. The van der Waals surface area contributed by atoms with E-state index < -0.39 is 0 Å². The van der Waals surface area contributed by atoms with Crippen LogP contribution >= 0.6 is 0 Å². The summed E-state index contributed by atoms with van der Waals surface area (Å²) in [6, 6.07) is 3.34. The lowest BCUT2D eigenvalue weighted by atomic mass is 10.2. The Labute approximate surface area is 112 Å². The van der Waals surface area contributed by atoms with Crippen LogP contribution in [0, 0.1) is 0 Å². The number of aromatic nitrogens is 2. The van der Waals surface area contributed by atoms with Crippen molar-refractivity contribution < 1.29 is 0 Å². The van der Waals surface area contributed by atoms with E-state index in [1.807, 2.05) is 0 Å². The van der Waals surface area contributed by atoms with Crippen molar-refractivity contribution in [2.75, 3.05) is 6.54 Å². The molecule has 3 nitrogen and oxygen atoms in total. The highest BCUT2D eigenvalue weighted by molar-refractivity contribution is 4.99. The molecule has 0 radical (unpaired) electrons. The van der Waals surface area contributed by atoms with Crippen LogP contribution in [0.3, 0.4) is 0 Å². The predicted octanol–water partition coefficient (Wildman–Crippen LogP) is 3.56. The molecule has 0 saturated heterocycles. The third kappa shape index (κ3) is 5.21. The molecule has 0 aromatic carbocycles. The second kappa shape index (κ2) is 8.30. The number of aryl methyl sites for hydroxylation is 1. The molecule has 3 heteroatoms. The van der Waals surface area contributed by atoms with E-state index in [2.05, 4.69) is 55.1 Å². The predicted molar refractivity (Wildman–Crippen MR) is 77.9 cm³/mol. The van der Waals surface area contributed by atoms with Crippen LogP contribution in [0.5, 0.6) is 0 Å². The highest BCUT2D eigenvalue weighted by Crippen LogP contribution is 2.15. The van der Waals surface area contributed by atoms with Gasteiger partial charge in [0.1, 0.15) is 0 Å². The van der Waals surface area contributed by atoms with Crippen molar-refractivity contribution in [1.29, 1.82) is 0 Å². The van der Waals surface area contributed by atoms with Crippen molar-refractivity contribution in [2.45, 2.75) is 71.9 Å². The molecule has 1 rings (SSSR count). The Morgan fingerprint density at radius 1 is 1.22 bits per heavy atom. The first-order chi connectivity index (χ1) is 8.67. The lowest BCUT2D eigenvalue weighted by Crippen LogP contribution is -2.23. The maximum atomic E-state index is 4.68. The summed E-state index contributed by atoms with van der Waals surface area (Å²) in [7, 11) is 0. The van der Waals surface area contributed by atoms with Gasteiger partial charge in [0.2, 0.25) is 0 Å². The van der Waals surface area contributed by atoms with E-state index in [1.54, 1.807) is 0 Å². The van der Waals surface area contributed by atoms with Crippen molar-refractivity contribution in [3.63, 3.8) is 0 Å². The Hall–Kier alpha value is -0.830. The van der Waals surface area contributed by atoms with Crippen molar-refractivity contribution in [2.24, 2.45) is 0 Å². The van der Waals surface area contributed by atoms with E-state index in [1.165, 1.54) is 18.5 Å². The summed E-state index contributed by atoms with van der Waals surface area (Å²) in [6.07, 6.45) is 8.02. The molecular weight excluding hydrogens is 222 g/mol. The Morgan fingerprint density at radius 2 is 1.94 bits per heavy atom. The van der Waals surface area contributed by atoms with Crippen LogP contribution in [0.15, 0.2) is 12.3 Å². The SMILES string of the molecule is CCC(CC)n1ccc(CCCCNC(C)C)n1. The third-order valence-corrected chi connectivity index (χ3v) is 3.39. The fraction of sp³-hybridized carbons (Fsp3) is 0.800. The summed E-state index contributed by atoms with van der Waals surface area (Å²) in [5.74, 6) is 0. The van der Waals surface area contributed by atoms with Gasteiger partial charge in [-0.3, -0.25) is 4.68 Å². The van der Waals surface area contributed by atoms with E-state index >= 15 is 0 Å². The highest BCUT2D eigenvalue weighted by atomic mass is 15.3. The molecule has 0 saturated carbocycles. The minimum atomic E-state index is 0.571. The molecule has 0 fully saturated rings. The first-order valence-corrected chi connectivity index (χ1v) is 7.44. The molecule has 1 N–H and O–H groups in total. The van der Waals surface area contributed by atoms with Crippen molar-refractivity contribution in [3.8, 4) is 0 Å². The van der Waals surface area contributed by atoms with Crippen LogP contribution in [0.25, 0.3) is 0 Å². The number of rotatable bonds is 9. The van der Waals surface area contributed by atoms with Crippen LogP contribution in [0.2, 0.25) is 0 Å². The van der Waals surface area contributed by atoms with Gasteiger partial charge in [0.15, 0.2) is 0 Å². The van der Waals surface area contributed by atoms with Crippen LogP contribution < -0.4 is 5.32 Å². The second-order valence-corrected chi connectivity index (χ2v) is 5.32. The van der Waals surface area contributed by atoms with Gasteiger partial charge < -0.3 is 5.32 Å². The van der Waals surface area contributed by atoms with Gasteiger partial charge in [-0.2, -0.15) is 5.10 Å². The monoisotopic (exact) mass is 251 g/mol. The molecule has 1 aromatic rings. The van der Waals surface area contributed by atoms with E-state index in [4.69, 9.17) is 0 Å². The molecule has 0 unspecified atom stereocenters. The fourth-order valence-electron chi connectivity index (χ4n) is 2.20. The molecule has 0 bridgehead atoms. The Kier molecular flexibility index (Phi) is 7.02. The van der Waals surface area contributed by atoms with Gasteiger partial charge in [0.05, 0.1) is 11.7 Å². The summed E-state index contributed by atoms with van der Waals surface area (Å²) in [5, 5.41) is 8.13. The first kappa shape index (κ1) is 15.2. The van der Waals surface area contributed by atoms with E-state index in [0.29, 0.717) is 12.1 Å². The molecular formula is C15H29N3. The molecule has 0 amide bonds. The number of hydrogen-bond donors (Lipinski definition) is 1. The van der Waals surface area contributed by atoms with Gasteiger partial charge in [-0.15, -0.1) is 0 Å². The summed E-state index contributed by atoms with van der Waals surface area (Å²) < 4.78 is 2.14. The van der Waals surface area contributed by atoms with Crippen LogP contribution in [0.1, 0.15) is 65.1 Å². The van der Waals surface area contributed by atoms with Crippen molar-refractivity contribution in [1.82, 2.24) is 15.1 Å². The summed E-state index contributed by atoms with van der Waals surface area (Å²) in [4.78, 5) is 0. The minimum absolute atomic E-state index is 0.571. The van der Waals surface area contributed by atoms with Gasteiger partial charge in [-0.1, -0.05) is 27.7 Å². The van der Waals surface area contributed by atoms with Gasteiger partial charge in [0.25, 0.3) is 0 Å². The van der Waals surface area contributed by atoms with E-state index in [9.17, 15) is 0 Å². The lowest BCUT2D eigenvalue weighted by molar-refractivity contribution is 0.425. The maximum absolute atomic E-state index is 4.68. The highest BCUT2D eigenvalue weighted by Gasteiger charge is 2.07. The van der Waals surface area contributed by atoms with Crippen molar-refractivity contribution >= 4 is 0 Å². The number of nitrogens with one attached hydrogen (secondary N) is 1. The molecule has 18 heavy (non-hydrogen) atoms. The van der Waals surface area contributed by atoms with Crippen LogP contribution in [-0.2, 0) is 6.42 Å². The van der Waals surface area contributed by atoms with Gasteiger partial charge in [-0.25, -0.2) is 0 Å². The number of unbranched alkanes of at least 4 members (excludes halogenated alkanes) is 1. The standard InChI is InChI=1S/C15H29N3/c1-5-15(6-2)18-12-10-14(17-18)9-7-8-11-16-13(3)4/h10,12-13,15-16H,5-9,11H2,1-4H3. The Balaban J connectivity index is 2.27. The minimum Gasteiger partial charge on any atom is -0.315 e. The fourth-order valence-corrected chi connectivity index (χ4v) is 2.20. The topological polar surface area (TPSA) is 29.9 Å². The molecule has 1 aromatic heterocycles. The molecule has 0 atom stereocenters. The molecule has 0 spiro atoms. The van der Waals surface area contributed by atoms with Gasteiger partial charge in [0, 0.05) is 12.2 Å². The molecule has 104 valence electrons. The first-order valence-electron chi connectivity index (χ1n) is 7.44. The van der Waals surface area contributed by atoms with Gasteiger partial charge in [-0.05, 0) is 44.7 Å². The molecule has 0 aliphatic rings. The molecule has 0 aliphatic heterocycles. The second-order valence-electron chi connectivity index (χ2n) is 5.32. The smallest absolute Gasteiger partial charge is 0.0624 e. The Morgan fingerprint density at radius 3 is 2.56 bits per heavy atom. The molecule has 0 aliphatic carbocycles. The zero-order valence-electron chi connectivity index (χ0n) is 12.4. The average molecular weight is 251 g/mol. The normalized spacial score (nSPS) is 11.7. The van der Waals surface area contributed by atoms with Gasteiger partial charge >= 0.3 is 0 Å². The van der Waals surface area contributed by atoms with E-state index in [-0.39, 0.29) is 0 Å². The zero-order valence-corrected chi connectivity index (χ0v) is 12.4. The maximum Gasteiger partial charge on any atom is 0.0624 e. The third-order valence-electron chi connectivity index (χ3n) is 3.39. The van der Waals surface area contributed by atoms with Crippen LogP contribution in [-0.4, -0.2) is 22.4 Å². The number of nitrogens with zero attached hydrogens (tertiary/aromatic N) is 2. The van der Waals surface area contributed by atoms with Crippen LogP contribution in [0.4, 0.5) is 0 Å². The largest absolute Gasteiger partial charge is 0.315 e. The lowest BCUT2D eigenvalue weighted by Gasteiger charge is -2.12. The summed E-state index contributed by atoms with van der Waals surface area (Å²) in [5.41, 5.74) is 1.24. The summed E-state index contributed by atoms with van der Waals surface area (Å²) >= 11 is 0. The quantitative estimate of drug-likeness (QED) is 0.680. The molecule has 1 heterocycles.